The van der Waals surface area contributed by atoms with Gasteiger partial charge in [0.05, 0.1) is 31.2 Å². The lowest BCUT2D eigenvalue weighted by Gasteiger charge is -2.33. The number of ether oxygens (including phenoxy) is 3. The largest absolute Gasteiger partial charge is 0.497 e. The van der Waals surface area contributed by atoms with Gasteiger partial charge in [-0.25, -0.2) is 4.79 Å². The molecule has 146 valence electrons. The molecule has 0 bridgehead atoms. The van der Waals surface area contributed by atoms with Crippen LogP contribution in [0.1, 0.15) is 28.8 Å². The number of hydrogen-bond donors (Lipinski definition) is 1. The van der Waals surface area contributed by atoms with Gasteiger partial charge < -0.3 is 24.4 Å². The van der Waals surface area contributed by atoms with Crippen LogP contribution < -0.4 is 19.7 Å². The summed E-state index contributed by atoms with van der Waals surface area (Å²) < 4.78 is 16.0. The van der Waals surface area contributed by atoms with Crippen molar-refractivity contribution in [3.63, 3.8) is 0 Å². The van der Waals surface area contributed by atoms with Crippen LogP contribution in [-0.4, -0.2) is 38.7 Å². The molecule has 2 aliphatic heterocycles. The molecule has 0 radical (unpaired) electrons. The topological polar surface area (TPSA) is 77.1 Å². The molecule has 1 fully saturated rings. The van der Waals surface area contributed by atoms with Crippen LogP contribution in [0.25, 0.3) is 0 Å². The Morgan fingerprint density at radius 1 is 1.18 bits per heavy atom. The number of fused-ring (bicyclic) bond motifs is 3. The van der Waals surface area contributed by atoms with Crippen LogP contribution in [0.5, 0.6) is 11.5 Å². The summed E-state index contributed by atoms with van der Waals surface area (Å²) in [6.45, 7) is 0.904. The molecule has 1 N–H and O–H groups in total. The van der Waals surface area contributed by atoms with E-state index < -0.39 is 5.97 Å². The molecule has 0 spiro atoms. The zero-order valence-corrected chi connectivity index (χ0v) is 15.9. The molecule has 7 heteroatoms. The van der Waals surface area contributed by atoms with Crippen molar-refractivity contribution >= 4 is 23.3 Å². The Morgan fingerprint density at radius 3 is 2.82 bits per heavy atom. The van der Waals surface area contributed by atoms with Gasteiger partial charge in [0.2, 0.25) is 5.91 Å². The van der Waals surface area contributed by atoms with Crippen LogP contribution in [0.2, 0.25) is 0 Å². The van der Waals surface area contributed by atoms with E-state index in [4.69, 9.17) is 14.2 Å². The second kappa shape index (κ2) is 7.42. The molecule has 0 aromatic heterocycles. The predicted molar refractivity (Wildman–Crippen MR) is 104 cm³/mol. The van der Waals surface area contributed by atoms with E-state index in [1.807, 2.05) is 6.07 Å². The summed E-state index contributed by atoms with van der Waals surface area (Å²) in [7, 11) is 3.13. The fourth-order valence-electron chi connectivity index (χ4n) is 3.78. The van der Waals surface area contributed by atoms with E-state index in [1.54, 1.807) is 44.6 Å². The molecular weight excluding hydrogens is 360 g/mol. The Morgan fingerprint density at radius 2 is 2.04 bits per heavy atom. The van der Waals surface area contributed by atoms with Gasteiger partial charge in [-0.2, -0.15) is 0 Å². The van der Waals surface area contributed by atoms with Gasteiger partial charge in [-0.3, -0.25) is 4.79 Å². The van der Waals surface area contributed by atoms with Crippen molar-refractivity contribution < 1.29 is 23.8 Å². The summed E-state index contributed by atoms with van der Waals surface area (Å²) in [6, 6.07) is 10.5. The number of carbonyl (C=O) groups excluding carboxylic acids is 2. The van der Waals surface area contributed by atoms with Gasteiger partial charge in [0, 0.05) is 12.1 Å². The number of nitrogens with zero attached hydrogens (tertiary/aromatic N) is 1. The fraction of sp³-hybridized carbons (Fsp3) is 0.333. The quantitative estimate of drug-likeness (QED) is 0.801. The molecule has 2 aromatic carbocycles. The average molecular weight is 382 g/mol. The lowest BCUT2D eigenvalue weighted by atomic mass is 10.1. The molecule has 0 unspecified atom stereocenters. The number of nitrogens with one attached hydrogen (secondary N) is 1. The third-order valence-corrected chi connectivity index (χ3v) is 5.20. The number of benzene rings is 2. The molecule has 28 heavy (non-hydrogen) atoms. The number of esters is 1. The Balaban J connectivity index is 1.51. The number of rotatable bonds is 5. The molecule has 0 saturated carbocycles. The van der Waals surface area contributed by atoms with Crippen LogP contribution in [-0.2, 0) is 16.1 Å². The van der Waals surface area contributed by atoms with Crippen molar-refractivity contribution in [1.29, 1.82) is 0 Å². The molecule has 7 nitrogen and oxygen atoms in total. The SMILES string of the molecule is COc1ccc(OC)c(COC(=O)c2ccc3c(c2)NC(=O)[C@@H]2CCCN32)c1. The highest BCUT2D eigenvalue weighted by atomic mass is 16.5. The summed E-state index contributed by atoms with van der Waals surface area (Å²) in [5.41, 5.74) is 2.70. The summed E-state index contributed by atoms with van der Waals surface area (Å²) in [4.78, 5) is 26.9. The van der Waals surface area contributed by atoms with Gasteiger partial charge in [0.25, 0.3) is 0 Å². The molecule has 0 aliphatic carbocycles. The maximum atomic E-state index is 12.5. The average Bonchev–Trinajstić information content (AvgIpc) is 3.22. The van der Waals surface area contributed by atoms with E-state index in [9.17, 15) is 9.59 Å². The first-order valence-electron chi connectivity index (χ1n) is 9.20. The lowest BCUT2D eigenvalue weighted by molar-refractivity contribution is -0.117. The molecule has 1 atom stereocenters. The number of methoxy groups -OCH3 is 2. The van der Waals surface area contributed by atoms with Gasteiger partial charge >= 0.3 is 5.97 Å². The minimum absolute atomic E-state index is 0.0170. The van der Waals surface area contributed by atoms with Gasteiger partial charge in [0.15, 0.2) is 0 Å². The summed E-state index contributed by atoms with van der Waals surface area (Å²) >= 11 is 0. The highest BCUT2D eigenvalue weighted by molar-refractivity contribution is 6.05. The first-order chi connectivity index (χ1) is 13.6. The van der Waals surface area contributed by atoms with Gasteiger partial charge in [-0.1, -0.05) is 0 Å². The molecule has 4 rings (SSSR count). The first-order valence-corrected chi connectivity index (χ1v) is 9.20. The smallest absolute Gasteiger partial charge is 0.338 e. The van der Waals surface area contributed by atoms with E-state index in [1.165, 1.54) is 0 Å². The minimum Gasteiger partial charge on any atom is -0.497 e. The van der Waals surface area contributed by atoms with E-state index in [0.29, 0.717) is 28.3 Å². The predicted octanol–water partition coefficient (Wildman–Crippen LogP) is 2.98. The number of amides is 1. The maximum Gasteiger partial charge on any atom is 0.338 e. The van der Waals surface area contributed by atoms with E-state index in [2.05, 4.69) is 10.2 Å². The monoisotopic (exact) mass is 382 g/mol. The molecular formula is C21H22N2O5. The van der Waals surface area contributed by atoms with Crippen molar-refractivity contribution in [2.75, 3.05) is 31.0 Å². The lowest BCUT2D eigenvalue weighted by Crippen LogP contribution is -2.43. The fourth-order valence-corrected chi connectivity index (χ4v) is 3.78. The highest BCUT2D eigenvalue weighted by Gasteiger charge is 2.36. The number of hydrogen-bond acceptors (Lipinski definition) is 6. The second-order valence-electron chi connectivity index (χ2n) is 6.83. The molecule has 1 amide bonds. The normalized spacial score (nSPS) is 17.4. The van der Waals surface area contributed by atoms with Crippen molar-refractivity contribution in [3.8, 4) is 11.5 Å². The van der Waals surface area contributed by atoms with Crippen LogP contribution >= 0.6 is 0 Å². The van der Waals surface area contributed by atoms with Crippen LogP contribution in [0.4, 0.5) is 11.4 Å². The minimum atomic E-state index is -0.467. The third kappa shape index (κ3) is 3.24. The van der Waals surface area contributed by atoms with Crippen molar-refractivity contribution in [3.05, 3.63) is 47.5 Å². The zero-order valence-electron chi connectivity index (χ0n) is 15.9. The highest BCUT2D eigenvalue weighted by Crippen LogP contribution is 2.37. The van der Waals surface area contributed by atoms with E-state index >= 15 is 0 Å². The standard InChI is InChI=1S/C21H22N2O5/c1-26-15-6-8-19(27-2)14(10-15)12-28-21(25)13-5-7-17-16(11-13)22-20(24)18-4-3-9-23(17)18/h5-8,10-11,18H,3-4,9,12H2,1-2H3,(H,22,24)/t18-/m0/s1. The van der Waals surface area contributed by atoms with E-state index in [0.717, 1.165) is 25.1 Å². The molecule has 1 saturated heterocycles. The van der Waals surface area contributed by atoms with Crippen LogP contribution in [0.3, 0.4) is 0 Å². The zero-order chi connectivity index (χ0) is 19.7. The molecule has 2 aromatic rings. The van der Waals surface area contributed by atoms with Gasteiger partial charge in [-0.05, 0) is 49.2 Å². The Hall–Kier alpha value is -3.22. The van der Waals surface area contributed by atoms with Gasteiger partial charge in [-0.15, -0.1) is 0 Å². The molecule has 2 heterocycles. The summed E-state index contributed by atoms with van der Waals surface area (Å²) in [5.74, 6) is 0.789. The first kappa shape index (κ1) is 18.2. The van der Waals surface area contributed by atoms with Crippen molar-refractivity contribution in [2.45, 2.75) is 25.5 Å². The van der Waals surface area contributed by atoms with Crippen LogP contribution in [0, 0.1) is 0 Å². The molecule has 2 aliphatic rings. The number of anilines is 2. The van der Waals surface area contributed by atoms with Crippen molar-refractivity contribution in [1.82, 2.24) is 0 Å². The second-order valence-corrected chi connectivity index (χ2v) is 6.83. The summed E-state index contributed by atoms with van der Waals surface area (Å²) in [5, 5.41) is 2.91. The van der Waals surface area contributed by atoms with Crippen LogP contribution in [0.15, 0.2) is 36.4 Å². The van der Waals surface area contributed by atoms with E-state index in [-0.39, 0.29) is 18.6 Å². The number of carbonyl (C=O) groups is 2. The van der Waals surface area contributed by atoms with Gasteiger partial charge in [0.1, 0.15) is 24.1 Å². The summed E-state index contributed by atoms with van der Waals surface area (Å²) in [6.07, 6.45) is 1.85. The Labute approximate surface area is 163 Å². The maximum absolute atomic E-state index is 12.5. The third-order valence-electron chi connectivity index (χ3n) is 5.20. The van der Waals surface area contributed by atoms with Crippen molar-refractivity contribution in [2.24, 2.45) is 0 Å². The Bertz CT molecular complexity index is 927. The Kier molecular flexibility index (Phi) is 4.81.